The van der Waals surface area contributed by atoms with Crippen LogP contribution in [-0.2, 0) is 10.0 Å². The van der Waals surface area contributed by atoms with E-state index in [1.807, 2.05) is 0 Å². The topological polar surface area (TPSA) is 75.6 Å². The van der Waals surface area contributed by atoms with Crippen molar-refractivity contribution in [3.63, 3.8) is 0 Å². The van der Waals surface area contributed by atoms with Gasteiger partial charge >= 0.3 is 0 Å². The first kappa shape index (κ1) is 16.3. The Balaban J connectivity index is 2.09. The molecule has 1 saturated carbocycles. The summed E-state index contributed by atoms with van der Waals surface area (Å²) in [7, 11) is -2.08. The minimum Gasteiger partial charge on any atom is -0.497 e. The van der Waals surface area contributed by atoms with Gasteiger partial charge in [-0.2, -0.15) is 0 Å². The second-order valence-corrected chi connectivity index (χ2v) is 7.49. The summed E-state index contributed by atoms with van der Waals surface area (Å²) in [6.45, 7) is 0.302. The van der Waals surface area contributed by atoms with E-state index in [1.54, 1.807) is 12.1 Å². The van der Waals surface area contributed by atoms with Crippen LogP contribution in [0.2, 0.25) is 0 Å². The van der Waals surface area contributed by atoms with Crippen LogP contribution in [0.4, 0.5) is 0 Å². The third kappa shape index (κ3) is 3.96. The van der Waals surface area contributed by atoms with E-state index in [0.717, 1.165) is 32.1 Å². The maximum atomic E-state index is 12.4. The summed E-state index contributed by atoms with van der Waals surface area (Å²) < 4.78 is 32.4. The number of hydrogen-bond donors (Lipinski definition) is 2. The highest BCUT2D eigenvalue weighted by Gasteiger charge is 2.32. The number of benzene rings is 1. The Morgan fingerprint density at radius 1 is 1.29 bits per heavy atom. The van der Waals surface area contributed by atoms with Crippen molar-refractivity contribution in [1.82, 2.24) is 4.72 Å². The third-order valence-corrected chi connectivity index (χ3v) is 5.64. The molecule has 1 aliphatic carbocycles. The average molecular weight is 313 g/mol. The van der Waals surface area contributed by atoms with E-state index in [1.165, 1.54) is 19.2 Å². The Morgan fingerprint density at radius 3 is 2.62 bits per heavy atom. The molecule has 2 N–H and O–H groups in total. The largest absolute Gasteiger partial charge is 0.497 e. The number of hydrogen-bond acceptors (Lipinski definition) is 4. The van der Waals surface area contributed by atoms with Crippen molar-refractivity contribution < 1.29 is 18.3 Å². The molecule has 1 aromatic carbocycles. The van der Waals surface area contributed by atoms with Gasteiger partial charge in [-0.1, -0.05) is 25.3 Å². The highest BCUT2D eigenvalue weighted by molar-refractivity contribution is 7.89. The van der Waals surface area contributed by atoms with Gasteiger partial charge in [-0.05, 0) is 25.0 Å². The molecule has 0 spiro atoms. The molecule has 0 saturated heterocycles. The zero-order chi connectivity index (χ0) is 15.3. The van der Waals surface area contributed by atoms with Gasteiger partial charge in [0.05, 0.1) is 12.0 Å². The van der Waals surface area contributed by atoms with Crippen molar-refractivity contribution in [1.29, 1.82) is 0 Å². The predicted octanol–water partition coefficient (Wildman–Crippen LogP) is 1.92. The van der Waals surface area contributed by atoms with Crippen LogP contribution < -0.4 is 9.46 Å². The number of aliphatic hydroxyl groups is 1. The fraction of sp³-hybridized carbons (Fsp3) is 0.600. The number of aliphatic hydroxyl groups excluding tert-OH is 1. The zero-order valence-corrected chi connectivity index (χ0v) is 13.2. The molecule has 21 heavy (non-hydrogen) atoms. The minimum atomic E-state index is -3.58. The molecule has 1 aromatic rings. The third-order valence-electron chi connectivity index (χ3n) is 4.24. The molecule has 1 fully saturated rings. The standard InChI is InChI=1S/C15H23NO4S/c1-20-13-6-5-7-14(10-13)21(18,19)16-11-15(12-17)8-3-2-4-9-15/h5-7,10,16-17H,2-4,8-9,11-12H2,1H3. The summed E-state index contributed by atoms with van der Waals surface area (Å²) in [5.41, 5.74) is -0.315. The quantitative estimate of drug-likeness (QED) is 0.841. The van der Waals surface area contributed by atoms with Gasteiger partial charge in [0.2, 0.25) is 10.0 Å². The van der Waals surface area contributed by atoms with E-state index in [2.05, 4.69) is 4.72 Å². The normalized spacial score (nSPS) is 18.4. The fourth-order valence-electron chi connectivity index (χ4n) is 2.79. The monoisotopic (exact) mass is 313 g/mol. The van der Waals surface area contributed by atoms with Gasteiger partial charge in [-0.3, -0.25) is 0 Å². The number of sulfonamides is 1. The van der Waals surface area contributed by atoms with E-state index >= 15 is 0 Å². The van der Waals surface area contributed by atoms with Crippen LogP contribution in [0.15, 0.2) is 29.2 Å². The van der Waals surface area contributed by atoms with Gasteiger partial charge in [-0.15, -0.1) is 0 Å². The second-order valence-electron chi connectivity index (χ2n) is 5.72. The number of ether oxygens (including phenoxy) is 1. The van der Waals surface area contributed by atoms with Gasteiger partial charge in [0.25, 0.3) is 0 Å². The highest BCUT2D eigenvalue weighted by atomic mass is 32.2. The molecule has 0 unspecified atom stereocenters. The first-order chi connectivity index (χ1) is 10.0. The van der Waals surface area contributed by atoms with Crippen molar-refractivity contribution in [3.8, 4) is 5.75 Å². The first-order valence-electron chi connectivity index (χ1n) is 7.26. The van der Waals surface area contributed by atoms with Crippen molar-refractivity contribution in [2.75, 3.05) is 20.3 Å². The molecule has 2 rings (SSSR count). The van der Waals surface area contributed by atoms with Crippen molar-refractivity contribution in [2.24, 2.45) is 5.41 Å². The molecule has 5 nitrogen and oxygen atoms in total. The molecule has 0 heterocycles. The van der Waals surface area contributed by atoms with Crippen LogP contribution in [0.1, 0.15) is 32.1 Å². The lowest BCUT2D eigenvalue weighted by Crippen LogP contribution is -2.41. The van der Waals surface area contributed by atoms with Crippen LogP contribution in [-0.4, -0.2) is 33.8 Å². The average Bonchev–Trinajstić information content (AvgIpc) is 2.54. The minimum absolute atomic E-state index is 0.0215. The molecule has 0 aliphatic heterocycles. The molecule has 118 valence electrons. The number of nitrogens with one attached hydrogen (secondary N) is 1. The van der Waals surface area contributed by atoms with Crippen molar-refractivity contribution >= 4 is 10.0 Å². The van der Waals surface area contributed by atoms with E-state index < -0.39 is 10.0 Å². The maximum absolute atomic E-state index is 12.4. The highest BCUT2D eigenvalue weighted by Crippen LogP contribution is 2.35. The summed E-state index contributed by atoms with van der Waals surface area (Å²) in [6, 6.07) is 6.39. The second kappa shape index (κ2) is 6.77. The summed E-state index contributed by atoms with van der Waals surface area (Å²) in [4.78, 5) is 0.186. The Labute approximate surface area is 126 Å². The van der Waals surface area contributed by atoms with Gasteiger partial charge < -0.3 is 9.84 Å². The van der Waals surface area contributed by atoms with E-state index in [-0.39, 0.29) is 23.5 Å². The SMILES string of the molecule is COc1cccc(S(=O)(=O)NCC2(CO)CCCCC2)c1. The van der Waals surface area contributed by atoms with Crippen molar-refractivity contribution in [3.05, 3.63) is 24.3 Å². The van der Waals surface area contributed by atoms with Gasteiger partial charge in [-0.25, -0.2) is 13.1 Å². The van der Waals surface area contributed by atoms with Gasteiger partial charge in [0.15, 0.2) is 0 Å². The van der Waals surface area contributed by atoms with Crippen LogP contribution in [0, 0.1) is 5.41 Å². The lowest BCUT2D eigenvalue weighted by molar-refractivity contribution is 0.0867. The summed E-state index contributed by atoms with van der Waals surface area (Å²) in [5.74, 6) is 0.507. The summed E-state index contributed by atoms with van der Waals surface area (Å²) in [5, 5.41) is 9.64. The van der Waals surface area contributed by atoms with E-state index in [9.17, 15) is 13.5 Å². The summed E-state index contributed by atoms with van der Waals surface area (Å²) in [6.07, 6.45) is 4.97. The number of methoxy groups -OCH3 is 1. The van der Waals surface area contributed by atoms with E-state index in [0.29, 0.717) is 5.75 Å². The Hall–Kier alpha value is -1.11. The molecular formula is C15H23NO4S. The molecule has 0 amide bonds. The van der Waals surface area contributed by atoms with Crippen LogP contribution in [0.3, 0.4) is 0 Å². The fourth-order valence-corrected chi connectivity index (χ4v) is 3.98. The first-order valence-corrected chi connectivity index (χ1v) is 8.74. The molecular weight excluding hydrogens is 290 g/mol. The molecule has 6 heteroatoms. The van der Waals surface area contributed by atoms with Gasteiger partial charge in [0.1, 0.15) is 5.75 Å². The van der Waals surface area contributed by atoms with Crippen LogP contribution >= 0.6 is 0 Å². The van der Waals surface area contributed by atoms with Gasteiger partial charge in [0, 0.05) is 24.6 Å². The van der Waals surface area contributed by atoms with Crippen LogP contribution in [0.5, 0.6) is 5.75 Å². The van der Waals surface area contributed by atoms with E-state index in [4.69, 9.17) is 4.74 Å². The number of rotatable bonds is 6. The Bertz CT molecular complexity index is 565. The predicted molar refractivity (Wildman–Crippen MR) is 80.8 cm³/mol. The maximum Gasteiger partial charge on any atom is 0.240 e. The molecule has 0 atom stereocenters. The molecule has 0 aromatic heterocycles. The Morgan fingerprint density at radius 2 is 2.00 bits per heavy atom. The molecule has 0 radical (unpaired) electrons. The smallest absolute Gasteiger partial charge is 0.240 e. The Kier molecular flexibility index (Phi) is 5.24. The lowest BCUT2D eigenvalue weighted by Gasteiger charge is -2.35. The zero-order valence-electron chi connectivity index (χ0n) is 12.3. The molecule has 1 aliphatic rings. The van der Waals surface area contributed by atoms with Crippen molar-refractivity contribution in [2.45, 2.75) is 37.0 Å². The lowest BCUT2D eigenvalue weighted by atomic mass is 9.75. The summed E-state index contributed by atoms with van der Waals surface area (Å²) >= 11 is 0. The molecule has 0 bridgehead atoms. The van der Waals surface area contributed by atoms with Crippen LogP contribution in [0.25, 0.3) is 0 Å².